The van der Waals surface area contributed by atoms with Crippen molar-refractivity contribution in [1.29, 1.82) is 0 Å². The maximum atomic E-state index is 15.4. The van der Waals surface area contributed by atoms with Crippen LogP contribution in [0.2, 0.25) is 13.1 Å². The van der Waals surface area contributed by atoms with Gasteiger partial charge in [0, 0.05) is 0 Å². The van der Waals surface area contributed by atoms with E-state index < -0.39 is 153 Å². The third-order valence-electron chi connectivity index (χ3n) is 10.6. The van der Waals surface area contributed by atoms with Gasteiger partial charge in [-0.15, -0.1) is 27.4 Å². The summed E-state index contributed by atoms with van der Waals surface area (Å²) >= 11 is 0. The minimum atomic E-state index is -7.22. The SMILES string of the molecule is CC(C)(C)[N-][Si](C)(C)C1=C2C=CC=C[C]2c2ccccc21.Fc1c(F)c(F)c([B-](c2c(F)c(F)c(F)c(F)c2F)(c2c(F)c(F)c(F)c(F)c2F)c2c(F)c(F)c(F)c(F)c2F)c(F)c1F.[CH3-].[Ti+3]. The molecule has 68 heavy (non-hydrogen) atoms. The Morgan fingerprint density at radius 2 is 0.647 bits per heavy atom. The van der Waals surface area contributed by atoms with Gasteiger partial charge in [0.2, 0.25) is 0 Å². The van der Waals surface area contributed by atoms with Gasteiger partial charge in [-0.05, 0) is 24.9 Å². The molecule has 1 nitrogen and oxygen atoms in total. The summed E-state index contributed by atoms with van der Waals surface area (Å²) in [6, 6.07) is 8.78. The Balaban J connectivity index is 0.000000366. The Morgan fingerprint density at radius 1 is 0.397 bits per heavy atom. The molecule has 2 aliphatic rings. The van der Waals surface area contributed by atoms with Crippen LogP contribution >= 0.6 is 0 Å². The van der Waals surface area contributed by atoms with Gasteiger partial charge >= 0.3 is 21.7 Å². The summed E-state index contributed by atoms with van der Waals surface area (Å²) in [7, 11) is -1.87. The average molecular weight is 1040 g/mol. The first kappa shape index (κ1) is 55.5. The van der Waals surface area contributed by atoms with Crippen LogP contribution in [-0.2, 0) is 21.7 Å². The summed E-state index contributed by atoms with van der Waals surface area (Å²) in [5.41, 5.74) is -10.2. The van der Waals surface area contributed by atoms with Crippen LogP contribution in [0, 0.1) is 130 Å². The molecular formula is C44H26BF20NSiTi. The molecule has 358 valence electrons. The molecule has 0 aliphatic heterocycles. The minimum absolute atomic E-state index is 0. The quantitative estimate of drug-likeness (QED) is 0.0529. The monoisotopic (exact) mass is 1040 g/mol. The molecule has 0 bridgehead atoms. The van der Waals surface area contributed by atoms with E-state index in [1.807, 2.05) is 0 Å². The third-order valence-corrected chi connectivity index (χ3v) is 13.6. The molecule has 0 unspecified atom stereocenters. The predicted octanol–water partition coefficient (Wildman–Crippen LogP) is 11.7. The molecule has 0 heterocycles. The average Bonchev–Trinajstić information content (AvgIpc) is 3.61. The number of benzene rings is 5. The van der Waals surface area contributed by atoms with Gasteiger partial charge in [0.05, 0.1) is 5.92 Å². The molecule has 0 saturated carbocycles. The summed E-state index contributed by atoms with van der Waals surface area (Å²) in [5, 5.41) is 1.49. The van der Waals surface area contributed by atoms with Gasteiger partial charge in [-0.25, -0.2) is 87.8 Å². The summed E-state index contributed by atoms with van der Waals surface area (Å²) in [6.07, 6.45) is 1.56. The Kier molecular flexibility index (Phi) is 15.8. The van der Waals surface area contributed by atoms with Crippen molar-refractivity contribution >= 4 is 41.4 Å². The molecule has 0 atom stereocenters. The third kappa shape index (κ3) is 8.43. The first-order valence-electron chi connectivity index (χ1n) is 18.5. The van der Waals surface area contributed by atoms with Crippen molar-refractivity contribution < 1.29 is 110 Å². The molecule has 0 spiro atoms. The van der Waals surface area contributed by atoms with E-state index in [0.29, 0.717) is 0 Å². The van der Waals surface area contributed by atoms with E-state index >= 15 is 35.1 Å². The maximum Gasteiger partial charge on any atom is 3.00 e. The van der Waals surface area contributed by atoms with Gasteiger partial charge in [0.15, 0.2) is 69.8 Å². The number of fused-ring (bicyclic) bond motifs is 3. The second-order valence-corrected chi connectivity index (χ2v) is 19.9. The standard InChI is InChI=1S/C24BF20.C19H23NSi.CH3.Ti/c26-5-1(6(27)14(35)21(42)13(5)34)25(2-7(28)15(36)22(43)16(37)8(2)29,3-9(30)17(38)23(44)18(39)10(3)31)4-11(32)19(40)24(45)20(41)12(4)33;1-19(2,3)20-21(4,5)18-16-12-8-6-10-14(16)15-11-7-9-13-17(15)18;;/h;6-13H,1-5H3;1H3;/q3*-1;+3. The van der Waals surface area contributed by atoms with Crippen molar-refractivity contribution in [3.05, 3.63) is 200 Å². The second-order valence-electron chi connectivity index (χ2n) is 16.1. The van der Waals surface area contributed by atoms with Gasteiger partial charge < -0.3 is 12.4 Å². The van der Waals surface area contributed by atoms with Crippen LogP contribution in [0.5, 0.6) is 0 Å². The van der Waals surface area contributed by atoms with Crippen LogP contribution in [0.15, 0.2) is 54.1 Å². The van der Waals surface area contributed by atoms with Crippen LogP contribution < -0.4 is 21.9 Å². The molecule has 24 heteroatoms. The van der Waals surface area contributed by atoms with Gasteiger partial charge in [-0.3, -0.25) is 0 Å². The number of hydrogen-bond acceptors (Lipinski definition) is 0. The molecule has 7 rings (SSSR count). The van der Waals surface area contributed by atoms with E-state index in [1.165, 1.54) is 27.8 Å². The van der Waals surface area contributed by atoms with Crippen molar-refractivity contribution in [3.63, 3.8) is 0 Å². The molecule has 2 aliphatic carbocycles. The first-order chi connectivity index (χ1) is 30.5. The maximum absolute atomic E-state index is 15.4. The smallest absolute Gasteiger partial charge is 0.656 e. The zero-order chi connectivity index (χ0) is 49.6. The van der Waals surface area contributed by atoms with Crippen molar-refractivity contribution in [3.8, 4) is 0 Å². The normalized spacial score (nSPS) is 13.5. The number of allylic oxidation sites excluding steroid dienone is 5. The fourth-order valence-electron chi connectivity index (χ4n) is 8.44. The Labute approximate surface area is 389 Å². The zero-order valence-corrected chi connectivity index (χ0v) is 37.8. The summed E-state index contributed by atoms with van der Waals surface area (Å²) < 4.78 is 294. The number of nitrogens with zero attached hydrogens (tertiary/aromatic N) is 1. The van der Waals surface area contributed by atoms with Gasteiger partial charge in [0.25, 0.3) is 0 Å². The molecule has 0 amide bonds. The molecule has 0 saturated heterocycles. The molecule has 2 radical (unpaired) electrons. The molecular weight excluding hydrogens is 1010 g/mol. The van der Waals surface area contributed by atoms with Crippen molar-refractivity contribution in [2.75, 3.05) is 0 Å². The fourth-order valence-corrected chi connectivity index (χ4v) is 12.0. The van der Waals surface area contributed by atoms with E-state index in [-0.39, 0.29) is 34.7 Å². The predicted molar refractivity (Wildman–Crippen MR) is 210 cm³/mol. The van der Waals surface area contributed by atoms with Gasteiger partial charge in [0.1, 0.15) is 52.7 Å². The Morgan fingerprint density at radius 3 is 0.926 bits per heavy atom. The largest absolute Gasteiger partial charge is 3.00 e. The second kappa shape index (κ2) is 19.3. The summed E-state index contributed by atoms with van der Waals surface area (Å²) in [5.74, 6) is -70.0. The number of rotatable bonds is 6. The number of hydrogen-bond donors (Lipinski definition) is 0. The van der Waals surface area contributed by atoms with E-state index in [2.05, 4.69) is 82.4 Å². The van der Waals surface area contributed by atoms with Gasteiger partial charge in [-0.1, -0.05) is 87.6 Å². The zero-order valence-electron chi connectivity index (χ0n) is 35.2. The summed E-state index contributed by atoms with van der Waals surface area (Å²) in [4.78, 5) is 5.22. The Bertz CT molecular complexity index is 2600. The van der Waals surface area contributed by atoms with Crippen LogP contribution in [0.4, 0.5) is 87.8 Å². The fraction of sp³-hybridized carbons (Fsp3) is 0.136. The molecule has 5 aromatic carbocycles. The van der Waals surface area contributed by atoms with Crippen molar-refractivity contribution in [2.45, 2.75) is 39.4 Å². The molecule has 5 aromatic rings. The van der Waals surface area contributed by atoms with Crippen LogP contribution in [0.1, 0.15) is 31.9 Å². The van der Waals surface area contributed by atoms with Crippen molar-refractivity contribution in [1.82, 2.24) is 0 Å². The molecule has 0 N–H and O–H groups in total. The number of halogens is 20. The van der Waals surface area contributed by atoms with Gasteiger partial charge in [-0.2, -0.15) is 0 Å². The first-order valence-corrected chi connectivity index (χ1v) is 21.5. The summed E-state index contributed by atoms with van der Waals surface area (Å²) in [6.45, 7) is 11.3. The van der Waals surface area contributed by atoms with E-state index in [9.17, 15) is 52.7 Å². The van der Waals surface area contributed by atoms with Crippen LogP contribution in [0.25, 0.3) is 10.2 Å². The van der Waals surface area contributed by atoms with Crippen LogP contribution in [0.3, 0.4) is 0 Å². The van der Waals surface area contributed by atoms with E-state index in [1.54, 1.807) is 0 Å². The minimum Gasteiger partial charge on any atom is -0.656 e. The van der Waals surface area contributed by atoms with Crippen LogP contribution in [-0.4, -0.2) is 19.9 Å². The topological polar surface area (TPSA) is 14.1 Å². The Hall–Kier alpha value is -5.12. The van der Waals surface area contributed by atoms with E-state index in [4.69, 9.17) is 4.98 Å². The van der Waals surface area contributed by atoms with Crippen molar-refractivity contribution in [2.24, 2.45) is 0 Å². The van der Waals surface area contributed by atoms with E-state index in [0.717, 1.165) is 0 Å². The molecule has 0 aromatic heterocycles. The molecule has 0 fully saturated rings.